The van der Waals surface area contributed by atoms with Crippen LogP contribution in [0, 0.1) is 0 Å². The molecular formula is C24H22N4O2S. The molecule has 2 aliphatic rings. The molecule has 5 heterocycles. The number of fused-ring (bicyclic) bond motifs is 1. The number of rotatable bonds is 3. The fourth-order valence-corrected chi connectivity index (χ4v) is 5.38. The summed E-state index contributed by atoms with van der Waals surface area (Å²) in [5, 5.41) is 3.30. The number of thiophene rings is 1. The van der Waals surface area contributed by atoms with Crippen LogP contribution in [-0.4, -0.2) is 47.0 Å². The van der Waals surface area contributed by atoms with Crippen LogP contribution in [0.15, 0.2) is 60.1 Å². The summed E-state index contributed by atoms with van der Waals surface area (Å²) in [7, 11) is 0. The first kappa shape index (κ1) is 18.9. The zero-order valence-corrected chi connectivity index (χ0v) is 17.8. The highest BCUT2D eigenvalue weighted by Crippen LogP contribution is 2.41. The smallest absolute Gasteiger partial charge is 0.181 e. The molecule has 0 radical (unpaired) electrons. The minimum absolute atomic E-state index is 0.413. The monoisotopic (exact) mass is 430 g/mol. The predicted molar refractivity (Wildman–Crippen MR) is 122 cm³/mol. The quantitative estimate of drug-likeness (QED) is 0.467. The van der Waals surface area contributed by atoms with E-state index in [2.05, 4.69) is 39.5 Å². The van der Waals surface area contributed by atoms with E-state index in [4.69, 9.17) is 19.4 Å². The van der Waals surface area contributed by atoms with Crippen LogP contribution in [0.25, 0.3) is 32.9 Å². The average molecular weight is 431 g/mol. The lowest BCUT2D eigenvalue weighted by atomic mass is 10.0. The summed E-state index contributed by atoms with van der Waals surface area (Å²) in [4.78, 5) is 17.8. The second kappa shape index (κ2) is 7.67. The number of piperidine rings is 1. The summed E-state index contributed by atoms with van der Waals surface area (Å²) in [6.45, 7) is 3.03. The van der Waals surface area contributed by atoms with E-state index in [1.807, 2.05) is 24.3 Å². The Bertz CT molecular complexity index is 1200. The second-order valence-electron chi connectivity index (χ2n) is 7.88. The van der Waals surface area contributed by atoms with E-state index in [1.54, 1.807) is 17.5 Å². The lowest BCUT2D eigenvalue weighted by Crippen LogP contribution is -2.45. The Hall–Kier alpha value is -2.87. The van der Waals surface area contributed by atoms with Gasteiger partial charge in [-0.1, -0.05) is 36.4 Å². The highest BCUT2D eigenvalue weighted by Gasteiger charge is 2.40. The van der Waals surface area contributed by atoms with Crippen molar-refractivity contribution in [2.24, 2.45) is 0 Å². The van der Waals surface area contributed by atoms with Gasteiger partial charge in [0.05, 0.1) is 18.6 Å². The largest absolute Gasteiger partial charge is 0.356 e. The summed E-state index contributed by atoms with van der Waals surface area (Å²) in [6.07, 6.45) is 3.45. The summed E-state index contributed by atoms with van der Waals surface area (Å²) in [5.41, 5.74) is 3.15. The molecule has 1 spiro atoms. The Morgan fingerprint density at radius 1 is 0.903 bits per heavy atom. The molecule has 1 aromatic carbocycles. The maximum atomic E-state index is 5.93. The topological polar surface area (TPSA) is 60.4 Å². The zero-order valence-electron chi connectivity index (χ0n) is 17.0. The zero-order chi connectivity index (χ0) is 20.7. The van der Waals surface area contributed by atoms with Crippen molar-refractivity contribution in [1.82, 2.24) is 15.0 Å². The van der Waals surface area contributed by atoms with Crippen molar-refractivity contribution in [3.8, 4) is 22.6 Å². The van der Waals surface area contributed by atoms with Gasteiger partial charge in [0, 0.05) is 43.1 Å². The van der Waals surface area contributed by atoms with Crippen molar-refractivity contribution in [3.05, 3.63) is 60.1 Å². The first-order valence-corrected chi connectivity index (χ1v) is 11.5. The Labute approximate surface area is 184 Å². The molecule has 0 aliphatic carbocycles. The molecule has 0 bridgehead atoms. The Balaban J connectivity index is 1.47. The van der Waals surface area contributed by atoms with Gasteiger partial charge in [0.15, 0.2) is 11.6 Å². The molecule has 0 unspecified atom stereocenters. The molecule has 0 atom stereocenters. The van der Waals surface area contributed by atoms with Gasteiger partial charge >= 0.3 is 0 Å². The third-order valence-electron chi connectivity index (χ3n) is 6.03. The second-order valence-corrected chi connectivity index (χ2v) is 8.73. The molecule has 2 fully saturated rings. The third-order valence-corrected chi connectivity index (χ3v) is 6.90. The molecule has 4 aromatic rings. The van der Waals surface area contributed by atoms with E-state index < -0.39 is 5.79 Å². The van der Waals surface area contributed by atoms with Gasteiger partial charge in [-0.25, -0.2) is 9.97 Å². The van der Waals surface area contributed by atoms with E-state index >= 15 is 0 Å². The van der Waals surface area contributed by atoms with Crippen molar-refractivity contribution >= 4 is 27.4 Å². The number of hydrogen-bond acceptors (Lipinski definition) is 7. The van der Waals surface area contributed by atoms with Gasteiger partial charge in [0.1, 0.15) is 16.3 Å². The van der Waals surface area contributed by atoms with Crippen LogP contribution in [0.1, 0.15) is 12.8 Å². The van der Waals surface area contributed by atoms with Gasteiger partial charge in [0.2, 0.25) is 0 Å². The van der Waals surface area contributed by atoms with Gasteiger partial charge in [-0.05, 0) is 17.7 Å². The van der Waals surface area contributed by atoms with Crippen molar-refractivity contribution in [3.63, 3.8) is 0 Å². The van der Waals surface area contributed by atoms with Crippen LogP contribution < -0.4 is 4.90 Å². The van der Waals surface area contributed by atoms with E-state index in [0.717, 1.165) is 47.7 Å². The number of ether oxygens (including phenoxy) is 2. The summed E-state index contributed by atoms with van der Waals surface area (Å²) in [6, 6.07) is 16.3. The molecule has 3 aromatic heterocycles. The predicted octanol–water partition coefficient (Wildman–Crippen LogP) is 4.76. The lowest BCUT2D eigenvalue weighted by molar-refractivity contribution is -0.169. The molecule has 31 heavy (non-hydrogen) atoms. The fraction of sp³-hybridized carbons (Fsp3) is 0.292. The molecule has 2 saturated heterocycles. The number of benzene rings is 1. The van der Waals surface area contributed by atoms with E-state index in [-0.39, 0.29) is 0 Å². The Kier molecular flexibility index (Phi) is 4.67. The van der Waals surface area contributed by atoms with E-state index in [1.165, 1.54) is 11.1 Å². The number of pyridine rings is 1. The van der Waals surface area contributed by atoms with Crippen molar-refractivity contribution in [2.75, 3.05) is 31.2 Å². The van der Waals surface area contributed by atoms with Gasteiger partial charge in [-0.3, -0.25) is 4.98 Å². The van der Waals surface area contributed by atoms with E-state index in [9.17, 15) is 0 Å². The normalized spacial score (nSPS) is 18.1. The maximum absolute atomic E-state index is 5.93. The van der Waals surface area contributed by atoms with Gasteiger partial charge < -0.3 is 14.4 Å². The van der Waals surface area contributed by atoms with Gasteiger partial charge in [-0.15, -0.1) is 11.3 Å². The molecule has 7 heteroatoms. The maximum Gasteiger partial charge on any atom is 0.181 e. The van der Waals surface area contributed by atoms with Crippen molar-refractivity contribution in [1.29, 1.82) is 0 Å². The number of hydrogen-bond donors (Lipinski definition) is 0. The van der Waals surface area contributed by atoms with Crippen LogP contribution in [0.4, 0.5) is 5.82 Å². The van der Waals surface area contributed by atoms with Crippen LogP contribution >= 0.6 is 11.3 Å². The number of nitrogens with zero attached hydrogens (tertiary/aromatic N) is 4. The molecule has 0 amide bonds. The first-order chi connectivity index (χ1) is 15.3. The van der Waals surface area contributed by atoms with Crippen molar-refractivity contribution in [2.45, 2.75) is 18.6 Å². The average Bonchev–Trinajstić information content (AvgIpc) is 3.48. The molecule has 6 rings (SSSR count). The standard InChI is InChI=1S/C24H22N4O2S/c1-2-6-17(7-3-1)18-16-31-23-20(18)22(26-21(27-23)19-8-4-5-11-25-19)28-12-9-24(10-13-28)29-14-15-30-24/h1-8,11,16H,9-10,12-15H2. The molecule has 156 valence electrons. The SMILES string of the molecule is c1ccc(-c2csc3nc(-c4ccccn4)nc(N4CCC5(CC4)OCCO5)c23)cc1. The minimum Gasteiger partial charge on any atom is -0.356 e. The third kappa shape index (κ3) is 3.39. The number of aromatic nitrogens is 3. The molecule has 0 saturated carbocycles. The number of anilines is 1. The fourth-order valence-electron chi connectivity index (χ4n) is 4.44. The summed E-state index contributed by atoms with van der Waals surface area (Å²) in [5.74, 6) is 1.22. The molecule has 6 nitrogen and oxygen atoms in total. The highest BCUT2D eigenvalue weighted by atomic mass is 32.1. The van der Waals surface area contributed by atoms with Crippen LogP contribution in [0.5, 0.6) is 0 Å². The summed E-state index contributed by atoms with van der Waals surface area (Å²) < 4.78 is 11.9. The van der Waals surface area contributed by atoms with Crippen LogP contribution in [0.2, 0.25) is 0 Å². The molecular weight excluding hydrogens is 408 g/mol. The minimum atomic E-state index is -0.413. The van der Waals surface area contributed by atoms with Crippen molar-refractivity contribution < 1.29 is 9.47 Å². The Morgan fingerprint density at radius 3 is 2.42 bits per heavy atom. The van der Waals surface area contributed by atoms with Gasteiger partial charge in [-0.2, -0.15) is 0 Å². The van der Waals surface area contributed by atoms with Crippen LogP contribution in [-0.2, 0) is 9.47 Å². The molecule has 0 N–H and O–H groups in total. The first-order valence-electron chi connectivity index (χ1n) is 10.6. The van der Waals surface area contributed by atoms with Gasteiger partial charge in [0.25, 0.3) is 0 Å². The lowest BCUT2D eigenvalue weighted by Gasteiger charge is -2.38. The molecule has 2 aliphatic heterocycles. The van der Waals surface area contributed by atoms with E-state index in [0.29, 0.717) is 19.0 Å². The Morgan fingerprint density at radius 2 is 1.68 bits per heavy atom. The van der Waals surface area contributed by atoms with Crippen LogP contribution in [0.3, 0.4) is 0 Å². The summed E-state index contributed by atoms with van der Waals surface area (Å²) >= 11 is 1.66. The highest BCUT2D eigenvalue weighted by molar-refractivity contribution is 7.17.